The fourth-order valence-corrected chi connectivity index (χ4v) is 1.94. The Labute approximate surface area is 129 Å². The standard InChI is InChI=1S/C16H18N2O4/c1-20-12-4-5-14(21-2)13(9-12)16(19)18-10-11-6-7-17-15(8-11)22-3/h4-9H,10H2,1-3H3,(H,18,19). The molecule has 0 fully saturated rings. The molecule has 2 aromatic rings. The summed E-state index contributed by atoms with van der Waals surface area (Å²) in [6.45, 7) is 0.359. The first-order chi connectivity index (χ1) is 10.7. The van der Waals surface area contributed by atoms with Crippen LogP contribution in [0.1, 0.15) is 15.9 Å². The summed E-state index contributed by atoms with van der Waals surface area (Å²) in [5, 5.41) is 2.83. The second kappa shape index (κ2) is 7.31. The number of nitrogens with one attached hydrogen (secondary N) is 1. The van der Waals surface area contributed by atoms with Crippen molar-refractivity contribution in [3.05, 3.63) is 47.7 Å². The minimum atomic E-state index is -0.244. The summed E-state index contributed by atoms with van der Waals surface area (Å²) in [7, 11) is 4.62. The van der Waals surface area contributed by atoms with Gasteiger partial charge >= 0.3 is 0 Å². The van der Waals surface area contributed by atoms with E-state index in [9.17, 15) is 4.79 Å². The molecule has 0 radical (unpaired) electrons. The Balaban J connectivity index is 2.11. The number of pyridine rings is 1. The van der Waals surface area contributed by atoms with Crippen LogP contribution in [0.2, 0.25) is 0 Å². The topological polar surface area (TPSA) is 69.7 Å². The third-order valence-electron chi connectivity index (χ3n) is 3.11. The highest BCUT2D eigenvalue weighted by atomic mass is 16.5. The van der Waals surface area contributed by atoms with Gasteiger partial charge in [-0.1, -0.05) is 0 Å². The summed E-state index contributed by atoms with van der Waals surface area (Å²) < 4.78 is 15.4. The number of carbonyl (C=O) groups excluding carboxylic acids is 1. The Morgan fingerprint density at radius 3 is 2.59 bits per heavy atom. The van der Waals surface area contributed by atoms with Gasteiger partial charge in [-0.25, -0.2) is 4.98 Å². The van der Waals surface area contributed by atoms with Crippen LogP contribution < -0.4 is 19.5 Å². The molecule has 0 aliphatic rings. The lowest BCUT2D eigenvalue weighted by atomic mass is 10.1. The van der Waals surface area contributed by atoms with E-state index in [1.54, 1.807) is 44.7 Å². The fourth-order valence-electron chi connectivity index (χ4n) is 1.94. The van der Waals surface area contributed by atoms with E-state index in [0.717, 1.165) is 5.56 Å². The van der Waals surface area contributed by atoms with Gasteiger partial charge in [0.1, 0.15) is 11.5 Å². The number of methoxy groups -OCH3 is 3. The predicted octanol–water partition coefficient (Wildman–Crippen LogP) is 2.04. The van der Waals surface area contributed by atoms with Crippen LogP contribution >= 0.6 is 0 Å². The van der Waals surface area contributed by atoms with E-state index in [0.29, 0.717) is 29.5 Å². The Morgan fingerprint density at radius 2 is 1.91 bits per heavy atom. The minimum Gasteiger partial charge on any atom is -0.497 e. The largest absolute Gasteiger partial charge is 0.497 e. The van der Waals surface area contributed by atoms with E-state index in [2.05, 4.69) is 10.3 Å². The number of aromatic nitrogens is 1. The van der Waals surface area contributed by atoms with Gasteiger partial charge < -0.3 is 19.5 Å². The molecule has 1 aromatic carbocycles. The van der Waals surface area contributed by atoms with Crippen LogP contribution in [0.4, 0.5) is 0 Å². The quantitative estimate of drug-likeness (QED) is 0.884. The molecule has 0 aliphatic heterocycles. The van der Waals surface area contributed by atoms with Gasteiger partial charge in [0.2, 0.25) is 5.88 Å². The van der Waals surface area contributed by atoms with Crippen LogP contribution in [0.15, 0.2) is 36.5 Å². The van der Waals surface area contributed by atoms with Crippen LogP contribution in [0.5, 0.6) is 17.4 Å². The number of benzene rings is 1. The van der Waals surface area contributed by atoms with E-state index in [1.807, 2.05) is 6.07 Å². The molecule has 1 aromatic heterocycles. The first kappa shape index (κ1) is 15.6. The molecule has 22 heavy (non-hydrogen) atoms. The molecule has 0 saturated carbocycles. The summed E-state index contributed by atoms with van der Waals surface area (Å²) in [5.41, 5.74) is 1.31. The predicted molar refractivity (Wildman–Crippen MR) is 81.5 cm³/mol. The molecule has 0 saturated heterocycles. The van der Waals surface area contributed by atoms with Gasteiger partial charge in [0.15, 0.2) is 0 Å². The molecule has 1 amide bonds. The first-order valence-corrected chi connectivity index (χ1v) is 6.67. The first-order valence-electron chi connectivity index (χ1n) is 6.67. The van der Waals surface area contributed by atoms with Crippen molar-refractivity contribution >= 4 is 5.91 Å². The number of carbonyl (C=O) groups is 1. The molecule has 1 N–H and O–H groups in total. The number of rotatable bonds is 6. The Morgan fingerprint density at radius 1 is 1.09 bits per heavy atom. The van der Waals surface area contributed by atoms with E-state index in [-0.39, 0.29) is 5.91 Å². The second-order valence-electron chi connectivity index (χ2n) is 4.46. The highest BCUT2D eigenvalue weighted by Crippen LogP contribution is 2.23. The van der Waals surface area contributed by atoms with Crippen LogP contribution in [0.3, 0.4) is 0 Å². The lowest BCUT2D eigenvalue weighted by molar-refractivity contribution is 0.0947. The van der Waals surface area contributed by atoms with Crippen molar-refractivity contribution in [1.29, 1.82) is 0 Å². The Kier molecular flexibility index (Phi) is 5.19. The lowest BCUT2D eigenvalue weighted by Crippen LogP contribution is -2.23. The van der Waals surface area contributed by atoms with Crippen molar-refractivity contribution in [3.63, 3.8) is 0 Å². The monoisotopic (exact) mass is 302 g/mol. The molecule has 116 valence electrons. The summed E-state index contributed by atoms with van der Waals surface area (Å²) in [5.74, 6) is 1.35. The minimum absolute atomic E-state index is 0.244. The number of amides is 1. The average molecular weight is 302 g/mol. The number of hydrogen-bond acceptors (Lipinski definition) is 5. The van der Waals surface area contributed by atoms with Gasteiger partial charge in [-0.3, -0.25) is 4.79 Å². The smallest absolute Gasteiger partial charge is 0.255 e. The summed E-state index contributed by atoms with van der Waals surface area (Å²) in [6, 6.07) is 8.66. The summed E-state index contributed by atoms with van der Waals surface area (Å²) >= 11 is 0. The van der Waals surface area contributed by atoms with Crippen molar-refractivity contribution in [2.24, 2.45) is 0 Å². The van der Waals surface area contributed by atoms with Gasteiger partial charge in [-0.15, -0.1) is 0 Å². The average Bonchev–Trinajstić information content (AvgIpc) is 2.59. The van der Waals surface area contributed by atoms with Crippen molar-refractivity contribution in [2.45, 2.75) is 6.54 Å². The van der Waals surface area contributed by atoms with E-state index >= 15 is 0 Å². The molecule has 2 rings (SSSR count). The van der Waals surface area contributed by atoms with Gasteiger partial charge in [0.25, 0.3) is 5.91 Å². The molecule has 0 aliphatic carbocycles. The molecular formula is C16H18N2O4. The number of nitrogens with zero attached hydrogens (tertiary/aromatic N) is 1. The summed E-state index contributed by atoms with van der Waals surface area (Å²) in [4.78, 5) is 16.3. The van der Waals surface area contributed by atoms with Crippen molar-refractivity contribution in [3.8, 4) is 17.4 Å². The lowest BCUT2D eigenvalue weighted by Gasteiger charge is -2.11. The highest BCUT2D eigenvalue weighted by molar-refractivity contribution is 5.97. The van der Waals surface area contributed by atoms with Crippen LogP contribution in [0.25, 0.3) is 0 Å². The van der Waals surface area contributed by atoms with Gasteiger partial charge in [0, 0.05) is 18.8 Å². The Bertz CT molecular complexity index is 658. The van der Waals surface area contributed by atoms with Crippen molar-refractivity contribution in [2.75, 3.05) is 21.3 Å². The zero-order valence-electron chi connectivity index (χ0n) is 12.8. The Hall–Kier alpha value is -2.76. The summed E-state index contributed by atoms with van der Waals surface area (Å²) in [6.07, 6.45) is 1.63. The van der Waals surface area contributed by atoms with Crippen molar-refractivity contribution in [1.82, 2.24) is 10.3 Å². The maximum Gasteiger partial charge on any atom is 0.255 e. The SMILES string of the molecule is COc1ccc(OC)c(C(=O)NCc2ccnc(OC)c2)c1. The van der Waals surface area contributed by atoms with Gasteiger partial charge in [-0.05, 0) is 29.8 Å². The second-order valence-corrected chi connectivity index (χ2v) is 4.46. The molecular weight excluding hydrogens is 284 g/mol. The van der Waals surface area contributed by atoms with Crippen LogP contribution in [-0.4, -0.2) is 32.2 Å². The molecule has 6 nitrogen and oxygen atoms in total. The molecule has 1 heterocycles. The molecule has 0 bridgehead atoms. The third kappa shape index (κ3) is 3.66. The normalized spacial score (nSPS) is 9.95. The zero-order valence-corrected chi connectivity index (χ0v) is 12.8. The van der Waals surface area contributed by atoms with Crippen molar-refractivity contribution < 1.29 is 19.0 Å². The van der Waals surface area contributed by atoms with Gasteiger partial charge in [-0.2, -0.15) is 0 Å². The maximum absolute atomic E-state index is 12.3. The molecule has 0 unspecified atom stereocenters. The maximum atomic E-state index is 12.3. The molecule has 6 heteroatoms. The highest BCUT2D eigenvalue weighted by Gasteiger charge is 2.13. The molecule has 0 atom stereocenters. The zero-order chi connectivity index (χ0) is 15.9. The fraction of sp³-hybridized carbons (Fsp3) is 0.250. The van der Waals surface area contributed by atoms with E-state index < -0.39 is 0 Å². The third-order valence-corrected chi connectivity index (χ3v) is 3.11. The van der Waals surface area contributed by atoms with Crippen LogP contribution in [-0.2, 0) is 6.54 Å². The van der Waals surface area contributed by atoms with E-state index in [4.69, 9.17) is 14.2 Å². The van der Waals surface area contributed by atoms with Gasteiger partial charge in [0.05, 0.1) is 26.9 Å². The molecule has 0 spiro atoms. The number of ether oxygens (including phenoxy) is 3. The van der Waals surface area contributed by atoms with Crippen LogP contribution in [0, 0.1) is 0 Å². The van der Waals surface area contributed by atoms with E-state index in [1.165, 1.54) is 7.11 Å². The number of hydrogen-bond donors (Lipinski definition) is 1.